The summed E-state index contributed by atoms with van der Waals surface area (Å²) in [5.41, 5.74) is -1.69. The summed E-state index contributed by atoms with van der Waals surface area (Å²) >= 11 is 0. The van der Waals surface area contributed by atoms with Crippen LogP contribution < -0.4 is 4.90 Å². The summed E-state index contributed by atoms with van der Waals surface area (Å²) in [5, 5.41) is 23.5. The van der Waals surface area contributed by atoms with Gasteiger partial charge in [-0.1, -0.05) is 20.8 Å². The highest BCUT2D eigenvalue weighted by Crippen LogP contribution is 2.40. The Bertz CT molecular complexity index is 862. The van der Waals surface area contributed by atoms with Crippen molar-refractivity contribution in [1.82, 2.24) is 4.31 Å². The number of nitro benzene ring substituents is 2. The lowest BCUT2D eigenvalue weighted by molar-refractivity contribution is -0.393. The Hall–Kier alpha value is -2.96. The normalized spacial score (nSPS) is 11.1. The fourth-order valence-corrected chi connectivity index (χ4v) is 4.42. The summed E-state index contributed by atoms with van der Waals surface area (Å²) in [4.78, 5) is 34.5. The van der Waals surface area contributed by atoms with E-state index in [2.05, 4.69) is 4.74 Å². The van der Waals surface area contributed by atoms with Crippen LogP contribution in [0.5, 0.6) is 0 Å². The standard InChI is InChI=1S/C17H26N4O8S/c1-5-8-18(9-6-2)16-14(20(23)24)11-13(12-15(16)21(25)26)30(27,28)19(10-7-3)17(22)29-4/h11-12H,5-10H2,1-4H3. The summed E-state index contributed by atoms with van der Waals surface area (Å²) < 4.78 is 30.8. The first-order chi connectivity index (χ1) is 14.1. The largest absolute Gasteiger partial charge is 0.452 e. The minimum absolute atomic E-state index is 0.247. The van der Waals surface area contributed by atoms with E-state index < -0.39 is 42.2 Å². The van der Waals surface area contributed by atoms with E-state index >= 15 is 0 Å². The molecule has 0 bridgehead atoms. The molecule has 1 aromatic rings. The number of benzene rings is 1. The average Bonchev–Trinajstić information content (AvgIpc) is 2.69. The number of sulfonamides is 1. The summed E-state index contributed by atoms with van der Waals surface area (Å²) in [6.07, 6.45) is 0.198. The second-order valence-electron chi connectivity index (χ2n) is 6.36. The van der Waals surface area contributed by atoms with E-state index in [4.69, 9.17) is 0 Å². The first-order valence-corrected chi connectivity index (χ1v) is 10.8. The number of ether oxygens (including phenoxy) is 1. The smallest absolute Gasteiger partial charge is 0.423 e. The molecule has 0 aromatic heterocycles. The minimum Gasteiger partial charge on any atom is -0.452 e. The van der Waals surface area contributed by atoms with Crippen molar-refractivity contribution in [3.8, 4) is 0 Å². The molecule has 0 heterocycles. The van der Waals surface area contributed by atoms with Crippen LogP contribution >= 0.6 is 0 Å². The molecule has 0 saturated carbocycles. The topological polar surface area (TPSA) is 153 Å². The van der Waals surface area contributed by atoms with E-state index in [1.807, 2.05) is 13.8 Å². The minimum atomic E-state index is -4.62. The molecule has 30 heavy (non-hydrogen) atoms. The third-order valence-corrected chi connectivity index (χ3v) is 5.88. The number of methoxy groups -OCH3 is 1. The van der Waals surface area contributed by atoms with Crippen LogP contribution in [0.3, 0.4) is 0 Å². The van der Waals surface area contributed by atoms with Crippen LogP contribution in [0, 0.1) is 20.2 Å². The van der Waals surface area contributed by atoms with E-state index in [9.17, 15) is 33.4 Å². The third-order valence-electron chi connectivity index (χ3n) is 4.13. The molecule has 0 spiro atoms. The zero-order valence-electron chi connectivity index (χ0n) is 17.4. The van der Waals surface area contributed by atoms with Crippen LogP contribution in [0.15, 0.2) is 17.0 Å². The fraction of sp³-hybridized carbons (Fsp3) is 0.588. The van der Waals surface area contributed by atoms with Gasteiger partial charge in [-0.3, -0.25) is 20.2 Å². The maximum Gasteiger partial charge on any atom is 0.423 e. The summed E-state index contributed by atoms with van der Waals surface area (Å²) in [7, 11) is -3.63. The Morgan fingerprint density at radius 1 is 0.967 bits per heavy atom. The highest BCUT2D eigenvalue weighted by atomic mass is 32.2. The van der Waals surface area contributed by atoms with Gasteiger partial charge in [0.15, 0.2) is 5.69 Å². The van der Waals surface area contributed by atoms with Crippen molar-refractivity contribution in [3.05, 3.63) is 32.4 Å². The maximum atomic E-state index is 13.0. The molecule has 0 aliphatic carbocycles. The van der Waals surface area contributed by atoms with E-state index in [-0.39, 0.29) is 18.7 Å². The van der Waals surface area contributed by atoms with Gasteiger partial charge in [-0.15, -0.1) is 0 Å². The van der Waals surface area contributed by atoms with Crippen LogP contribution in [0.25, 0.3) is 0 Å². The van der Waals surface area contributed by atoms with Crippen molar-refractivity contribution in [2.75, 3.05) is 31.6 Å². The van der Waals surface area contributed by atoms with Crippen molar-refractivity contribution in [3.63, 3.8) is 0 Å². The molecule has 0 unspecified atom stereocenters. The number of carbonyl (C=O) groups excluding carboxylic acids is 1. The van der Waals surface area contributed by atoms with Gasteiger partial charge in [0, 0.05) is 31.8 Å². The van der Waals surface area contributed by atoms with Gasteiger partial charge in [-0.05, 0) is 19.3 Å². The first-order valence-electron chi connectivity index (χ1n) is 9.39. The number of anilines is 1. The van der Waals surface area contributed by atoms with Gasteiger partial charge >= 0.3 is 17.5 Å². The number of amides is 1. The van der Waals surface area contributed by atoms with Crippen molar-refractivity contribution in [2.45, 2.75) is 44.9 Å². The molecular formula is C17H26N4O8S. The molecule has 12 nitrogen and oxygen atoms in total. The van der Waals surface area contributed by atoms with Gasteiger partial charge in [-0.2, -0.15) is 0 Å². The molecule has 0 aliphatic heterocycles. The van der Waals surface area contributed by atoms with Crippen LogP contribution in [0.4, 0.5) is 21.9 Å². The number of hydrogen-bond acceptors (Lipinski definition) is 9. The Morgan fingerprint density at radius 3 is 1.73 bits per heavy atom. The van der Waals surface area contributed by atoms with E-state index in [1.54, 1.807) is 6.92 Å². The molecule has 0 radical (unpaired) electrons. The molecule has 1 rings (SSSR count). The van der Waals surface area contributed by atoms with Crippen molar-refractivity contribution in [1.29, 1.82) is 0 Å². The average molecular weight is 446 g/mol. The molecular weight excluding hydrogens is 420 g/mol. The SMILES string of the molecule is CCCN(CCC)c1c([N+](=O)[O-])cc(S(=O)(=O)N(CCC)C(=O)OC)cc1[N+](=O)[O-]. The predicted molar refractivity (Wildman–Crippen MR) is 109 cm³/mol. The Kier molecular flexibility index (Phi) is 8.95. The van der Waals surface area contributed by atoms with Gasteiger partial charge in [-0.25, -0.2) is 17.5 Å². The zero-order valence-corrected chi connectivity index (χ0v) is 18.2. The van der Waals surface area contributed by atoms with Gasteiger partial charge in [0.2, 0.25) is 0 Å². The highest BCUT2D eigenvalue weighted by molar-refractivity contribution is 7.89. The van der Waals surface area contributed by atoms with E-state index in [0.717, 1.165) is 19.2 Å². The Balaban J connectivity index is 3.85. The van der Waals surface area contributed by atoms with Crippen molar-refractivity contribution < 1.29 is 27.8 Å². The highest BCUT2D eigenvalue weighted by Gasteiger charge is 2.37. The predicted octanol–water partition coefficient (Wildman–Crippen LogP) is 3.30. The van der Waals surface area contributed by atoms with Crippen LogP contribution in [0.2, 0.25) is 0 Å². The molecule has 0 N–H and O–H groups in total. The molecule has 168 valence electrons. The van der Waals surface area contributed by atoms with Crippen LogP contribution in [0.1, 0.15) is 40.0 Å². The van der Waals surface area contributed by atoms with Gasteiger partial charge < -0.3 is 9.64 Å². The molecule has 1 amide bonds. The quantitative estimate of drug-likeness (QED) is 0.368. The second kappa shape index (κ2) is 10.7. The fourth-order valence-electron chi connectivity index (χ4n) is 2.95. The maximum absolute atomic E-state index is 13.0. The van der Waals surface area contributed by atoms with E-state index in [1.165, 1.54) is 4.90 Å². The zero-order chi connectivity index (χ0) is 23.1. The van der Waals surface area contributed by atoms with Gasteiger partial charge in [0.25, 0.3) is 10.0 Å². The lowest BCUT2D eigenvalue weighted by Gasteiger charge is -2.24. The third kappa shape index (κ3) is 5.34. The molecule has 1 aromatic carbocycles. The summed E-state index contributed by atoms with van der Waals surface area (Å²) in [5.74, 6) is 0. The van der Waals surface area contributed by atoms with Crippen LogP contribution in [-0.2, 0) is 14.8 Å². The van der Waals surface area contributed by atoms with Crippen LogP contribution in [-0.4, -0.2) is 55.4 Å². The van der Waals surface area contributed by atoms with E-state index in [0.29, 0.717) is 30.2 Å². The summed E-state index contributed by atoms with van der Waals surface area (Å²) in [6, 6.07) is 1.50. The molecule has 13 heteroatoms. The monoisotopic (exact) mass is 446 g/mol. The van der Waals surface area contributed by atoms with Crippen molar-refractivity contribution in [2.24, 2.45) is 0 Å². The Morgan fingerprint density at radius 2 is 1.40 bits per heavy atom. The molecule has 0 fully saturated rings. The molecule has 0 atom stereocenters. The van der Waals surface area contributed by atoms with Gasteiger partial charge in [0.1, 0.15) is 4.90 Å². The number of rotatable bonds is 11. The second-order valence-corrected chi connectivity index (χ2v) is 8.22. The molecule has 0 saturated heterocycles. The summed E-state index contributed by atoms with van der Waals surface area (Å²) in [6.45, 7) is 5.62. The first kappa shape index (κ1) is 25.1. The van der Waals surface area contributed by atoms with Crippen molar-refractivity contribution >= 4 is 33.2 Å². The number of hydrogen-bond donors (Lipinski definition) is 0. The lowest BCUT2D eigenvalue weighted by Crippen LogP contribution is -2.37. The lowest BCUT2D eigenvalue weighted by atomic mass is 10.2. The number of nitrogens with zero attached hydrogens (tertiary/aromatic N) is 4. The molecule has 0 aliphatic rings. The number of carbonyl (C=O) groups is 1. The number of nitro groups is 2. The van der Waals surface area contributed by atoms with Gasteiger partial charge in [0.05, 0.1) is 17.0 Å². The Labute approximate surface area is 174 Å².